The van der Waals surface area contributed by atoms with Gasteiger partial charge in [-0.2, -0.15) is 11.8 Å². The number of nitrogens with one attached hydrogen (secondary N) is 1. The lowest BCUT2D eigenvalue weighted by atomic mass is 10.2. The van der Waals surface area contributed by atoms with E-state index in [0.717, 1.165) is 6.54 Å². The van der Waals surface area contributed by atoms with Crippen LogP contribution >= 0.6 is 11.8 Å². The van der Waals surface area contributed by atoms with E-state index in [4.69, 9.17) is 4.52 Å². The summed E-state index contributed by atoms with van der Waals surface area (Å²) in [6.45, 7) is 2.59. The van der Waals surface area contributed by atoms with Crippen LogP contribution in [0.15, 0.2) is 10.6 Å². The maximum Gasteiger partial charge on any atom is 0.226 e. The van der Waals surface area contributed by atoms with Crippen molar-refractivity contribution in [3.8, 4) is 0 Å². The van der Waals surface area contributed by atoms with Gasteiger partial charge in [0, 0.05) is 30.3 Å². The van der Waals surface area contributed by atoms with Gasteiger partial charge in [-0.05, 0) is 33.1 Å². The Balaban J connectivity index is 1.75. The molecule has 1 fully saturated rings. The van der Waals surface area contributed by atoms with Gasteiger partial charge < -0.3 is 14.7 Å². The minimum atomic E-state index is -0.0103. The standard InChI is InChI=1S/C14H23N3O2S/c1-10-9-13(16-19-10)15-14(18)7-8-17(2)11-5-4-6-12(11)20-3/h9,11-12H,4-8H2,1-3H3,(H,15,16,18)/t11-,12+/m1/s1. The van der Waals surface area contributed by atoms with E-state index in [1.165, 1.54) is 19.3 Å². The number of thioether (sulfide) groups is 1. The number of carbonyl (C=O) groups excluding carboxylic acids is 1. The Hall–Kier alpha value is -1.01. The molecule has 2 rings (SSSR count). The Morgan fingerprint density at radius 3 is 3.05 bits per heavy atom. The molecule has 0 radical (unpaired) electrons. The summed E-state index contributed by atoms with van der Waals surface area (Å²) in [5.74, 6) is 1.19. The number of carbonyl (C=O) groups is 1. The molecule has 6 heteroatoms. The predicted molar refractivity (Wildman–Crippen MR) is 82.1 cm³/mol. The van der Waals surface area contributed by atoms with Gasteiger partial charge in [-0.3, -0.25) is 4.79 Å². The average Bonchev–Trinajstić information content (AvgIpc) is 3.04. The molecule has 0 aromatic carbocycles. The smallest absolute Gasteiger partial charge is 0.226 e. The molecule has 1 saturated carbocycles. The zero-order chi connectivity index (χ0) is 14.5. The van der Waals surface area contributed by atoms with Gasteiger partial charge in [0.1, 0.15) is 5.76 Å². The van der Waals surface area contributed by atoms with Crippen LogP contribution in [-0.4, -0.2) is 47.1 Å². The molecule has 1 aliphatic carbocycles. The highest BCUT2D eigenvalue weighted by Gasteiger charge is 2.29. The maximum atomic E-state index is 11.9. The molecule has 0 spiro atoms. The number of rotatable bonds is 6. The fraction of sp³-hybridized carbons (Fsp3) is 0.714. The molecule has 5 nitrogen and oxygen atoms in total. The van der Waals surface area contributed by atoms with E-state index in [1.54, 1.807) is 13.0 Å². The van der Waals surface area contributed by atoms with E-state index < -0.39 is 0 Å². The van der Waals surface area contributed by atoms with Crippen molar-refractivity contribution in [2.75, 3.05) is 25.2 Å². The number of aromatic nitrogens is 1. The van der Waals surface area contributed by atoms with Gasteiger partial charge in [0.2, 0.25) is 5.91 Å². The summed E-state index contributed by atoms with van der Waals surface area (Å²) >= 11 is 1.94. The van der Waals surface area contributed by atoms with Crippen molar-refractivity contribution in [3.05, 3.63) is 11.8 Å². The second-order valence-electron chi connectivity index (χ2n) is 5.37. The topological polar surface area (TPSA) is 58.4 Å². The second kappa shape index (κ2) is 7.13. The molecule has 2 atom stereocenters. The summed E-state index contributed by atoms with van der Waals surface area (Å²) in [5.41, 5.74) is 0. The lowest BCUT2D eigenvalue weighted by molar-refractivity contribution is -0.116. The summed E-state index contributed by atoms with van der Waals surface area (Å²) in [6.07, 6.45) is 6.49. The summed E-state index contributed by atoms with van der Waals surface area (Å²) in [4.78, 5) is 14.2. The van der Waals surface area contributed by atoms with Gasteiger partial charge in [0.15, 0.2) is 5.82 Å². The summed E-state index contributed by atoms with van der Waals surface area (Å²) < 4.78 is 4.92. The molecule has 1 amide bonds. The van der Waals surface area contributed by atoms with Gasteiger partial charge in [0.05, 0.1) is 0 Å². The molecule has 0 saturated heterocycles. The van der Waals surface area contributed by atoms with E-state index in [9.17, 15) is 4.79 Å². The van der Waals surface area contributed by atoms with Gasteiger partial charge in [-0.1, -0.05) is 11.6 Å². The maximum absolute atomic E-state index is 11.9. The highest BCUT2D eigenvalue weighted by atomic mass is 32.2. The van der Waals surface area contributed by atoms with Crippen molar-refractivity contribution in [1.82, 2.24) is 10.1 Å². The van der Waals surface area contributed by atoms with Crippen LogP contribution in [0.4, 0.5) is 5.82 Å². The summed E-state index contributed by atoms with van der Waals surface area (Å²) in [7, 11) is 2.12. The van der Waals surface area contributed by atoms with Crippen molar-refractivity contribution in [2.45, 2.75) is 43.9 Å². The van der Waals surface area contributed by atoms with Crippen LogP contribution < -0.4 is 5.32 Å². The van der Waals surface area contributed by atoms with E-state index in [2.05, 4.69) is 28.7 Å². The molecule has 0 bridgehead atoms. The van der Waals surface area contributed by atoms with Crippen molar-refractivity contribution >= 4 is 23.5 Å². The van der Waals surface area contributed by atoms with Crippen molar-refractivity contribution in [2.24, 2.45) is 0 Å². The van der Waals surface area contributed by atoms with Crippen LogP contribution in [0.2, 0.25) is 0 Å². The van der Waals surface area contributed by atoms with Crippen LogP contribution in [0.5, 0.6) is 0 Å². The van der Waals surface area contributed by atoms with Crippen LogP contribution in [0.1, 0.15) is 31.4 Å². The van der Waals surface area contributed by atoms with E-state index in [-0.39, 0.29) is 5.91 Å². The first kappa shape index (κ1) is 15.4. The van der Waals surface area contributed by atoms with Crippen molar-refractivity contribution in [1.29, 1.82) is 0 Å². The van der Waals surface area contributed by atoms with Crippen molar-refractivity contribution < 1.29 is 9.32 Å². The number of anilines is 1. The lowest BCUT2D eigenvalue weighted by Crippen LogP contribution is -2.37. The first-order valence-corrected chi connectivity index (χ1v) is 8.35. The van der Waals surface area contributed by atoms with Gasteiger partial charge in [-0.15, -0.1) is 0 Å². The fourth-order valence-corrected chi connectivity index (χ4v) is 3.82. The van der Waals surface area contributed by atoms with Gasteiger partial charge >= 0.3 is 0 Å². The molecular formula is C14H23N3O2S. The Morgan fingerprint density at radius 1 is 1.60 bits per heavy atom. The third-order valence-electron chi connectivity index (χ3n) is 3.87. The van der Waals surface area contributed by atoms with Gasteiger partial charge in [-0.25, -0.2) is 0 Å². The third-order valence-corrected chi connectivity index (χ3v) is 5.03. The summed E-state index contributed by atoms with van der Waals surface area (Å²) in [6, 6.07) is 2.33. The number of hydrogen-bond donors (Lipinski definition) is 1. The molecule has 1 aliphatic rings. The van der Waals surface area contributed by atoms with Crippen molar-refractivity contribution in [3.63, 3.8) is 0 Å². The molecule has 20 heavy (non-hydrogen) atoms. The molecule has 1 aromatic heterocycles. The van der Waals surface area contributed by atoms with Crippen LogP contribution in [0.25, 0.3) is 0 Å². The lowest BCUT2D eigenvalue weighted by Gasteiger charge is -2.28. The largest absolute Gasteiger partial charge is 0.360 e. The minimum Gasteiger partial charge on any atom is -0.360 e. The fourth-order valence-electron chi connectivity index (χ4n) is 2.76. The normalized spacial score (nSPS) is 22.4. The predicted octanol–water partition coefficient (Wildman–Crippen LogP) is 2.53. The molecular weight excluding hydrogens is 274 g/mol. The zero-order valence-corrected chi connectivity index (χ0v) is 13.2. The van der Waals surface area contributed by atoms with Crippen LogP contribution in [0.3, 0.4) is 0 Å². The second-order valence-corrected chi connectivity index (χ2v) is 6.45. The van der Waals surface area contributed by atoms with E-state index >= 15 is 0 Å². The first-order valence-electron chi connectivity index (χ1n) is 7.06. The first-order chi connectivity index (χ1) is 9.60. The number of hydrogen-bond acceptors (Lipinski definition) is 5. The molecule has 0 aliphatic heterocycles. The molecule has 1 heterocycles. The monoisotopic (exact) mass is 297 g/mol. The zero-order valence-electron chi connectivity index (χ0n) is 12.4. The Morgan fingerprint density at radius 2 is 2.40 bits per heavy atom. The molecule has 0 unspecified atom stereocenters. The molecule has 112 valence electrons. The third kappa shape index (κ3) is 3.99. The summed E-state index contributed by atoms with van der Waals surface area (Å²) in [5, 5.41) is 7.23. The number of amides is 1. The van der Waals surface area contributed by atoms with Crippen LogP contribution in [-0.2, 0) is 4.79 Å². The Labute approximate surface area is 124 Å². The van der Waals surface area contributed by atoms with E-state index in [1.807, 2.05) is 11.8 Å². The highest BCUT2D eigenvalue weighted by Crippen LogP contribution is 2.31. The SMILES string of the molecule is CS[C@H]1CCC[C@H]1N(C)CCC(=O)Nc1cc(C)on1. The Kier molecular flexibility index (Phi) is 5.48. The highest BCUT2D eigenvalue weighted by molar-refractivity contribution is 7.99. The molecule has 1 N–H and O–H groups in total. The molecule has 1 aromatic rings. The van der Waals surface area contributed by atoms with Gasteiger partial charge in [0.25, 0.3) is 0 Å². The number of aryl methyl sites for hydroxylation is 1. The average molecular weight is 297 g/mol. The minimum absolute atomic E-state index is 0.0103. The van der Waals surface area contributed by atoms with E-state index in [0.29, 0.717) is 29.3 Å². The number of nitrogens with zero attached hydrogens (tertiary/aromatic N) is 2. The Bertz CT molecular complexity index is 449. The quantitative estimate of drug-likeness (QED) is 0.874. The van der Waals surface area contributed by atoms with Crippen LogP contribution in [0, 0.1) is 6.92 Å².